The third kappa shape index (κ3) is 6.25. The van der Waals surface area contributed by atoms with Gasteiger partial charge < -0.3 is 10.1 Å². The Morgan fingerprint density at radius 1 is 0.974 bits per heavy atom. The number of methoxy groups -OCH3 is 1. The summed E-state index contributed by atoms with van der Waals surface area (Å²) in [5.41, 5.74) is 4.67. The van der Waals surface area contributed by atoms with Crippen LogP contribution in [0.1, 0.15) is 54.9 Å². The average molecular weight is 515 g/mol. The molecule has 1 saturated carbocycles. The van der Waals surface area contributed by atoms with Crippen LogP contribution in [-0.4, -0.2) is 73.2 Å². The maximum Gasteiger partial charge on any atom is 0.252 e. The van der Waals surface area contributed by atoms with Crippen molar-refractivity contribution in [2.24, 2.45) is 5.92 Å². The predicted octanol–water partition coefficient (Wildman–Crippen LogP) is 5.36. The summed E-state index contributed by atoms with van der Waals surface area (Å²) in [5, 5.41) is 4.38. The van der Waals surface area contributed by atoms with E-state index in [0.717, 1.165) is 72.6 Å². The summed E-state index contributed by atoms with van der Waals surface area (Å²) < 4.78 is 5.28. The standard InChI is InChI=1S/C32H42N4O2/c1-24(25-11-5-3-6-12-25)33-32(37)30-27-15-9-10-16-29(27)34-31(26-13-7-4-8-14-26)28(30)23-36-19-17-35(18-20-36)21-22-38-2/h4,7-10,13-16,24-25H,3,5-6,11-12,17-23H2,1-2H3,(H,33,37)/t24-/m0/s1. The Bertz CT molecular complexity index is 1200. The van der Waals surface area contributed by atoms with Crippen molar-refractivity contribution in [1.29, 1.82) is 0 Å². The first-order chi connectivity index (χ1) is 18.6. The van der Waals surface area contributed by atoms with Crippen molar-refractivity contribution in [2.75, 3.05) is 46.4 Å². The molecule has 2 aromatic carbocycles. The normalized spacial score (nSPS) is 18.5. The Kier molecular flexibility index (Phi) is 9.05. The predicted molar refractivity (Wildman–Crippen MR) is 154 cm³/mol. The van der Waals surface area contributed by atoms with Crippen LogP contribution in [0.2, 0.25) is 0 Å². The molecule has 0 spiro atoms. The van der Waals surface area contributed by atoms with E-state index in [1.54, 1.807) is 7.11 Å². The average Bonchev–Trinajstić information content (AvgIpc) is 2.97. The summed E-state index contributed by atoms with van der Waals surface area (Å²) in [6.45, 7) is 8.56. The van der Waals surface area contributed by atoms with E-state index in [4.69, 9.17) is 9.72 Å². The molecule has 1 amide bonds. The summed E-state index contributed by atoms with van der Waals surface area (Å²) in [4.78, 5) is 24.2. The van der Waals surface area contributed by atoms with E-state index in [1.807, 2.05) is 24.3 Å². The molecule has 0 unspecified atom stereocenters. The van der Waals surface area contributed by atoms with Gasteiger partial charge in [0.1, 0.15) is 0 Å². The first-order valence-corrected chi connectivity index (χ1v) is 14.4. The van der Waals surface area contributed by atoms with Crippen LogP contribution in [0, 0.1) is 5.92 Å². The van der Waals surface area contributed by atoms with Gasteiger partial charge in [0.25, 0.3) is 5.91 Å². The Balaban J connectivity index is 1.51. The number of ether oxygens (including phenoxy) is 1. The van der Waals surface area contributed by atoms with Gasteiger partial charge in [-0.25, -0.2) is 4.98 Å². The van der Waals surface area contributed by atoms with Crippen LogP contribution in [-0.2, 0) is 11.3 Å². The number of nitrogens with one attached hydrogen (secondary N) is 1. The van der Waals surface area contributed by atoms with Crippen molar-refractivity contribution in [3.8, 4) is 11.3 Å². The highest BCUT2D eigenvalue weighted by molar-refractivity contribution is 6.09. The summed E-state index contributed by atoms with van der Waals surface area (Å²) >= 11 is 0. The first-order valence-electron chi connectivity index (χ1n) is 14.4. The molecule has 1 aliphatic heterocycles. The van der Waals surface area contributed by atoms with Crippen molar-refractivity contribution in [3.05, 3.63) is 65.7 Å². The highest BCUT2D eigenvalue weighted by Crippen LogP contribution is 2.32. The number of hydrogen-bond donors (Lipinski definition) is 1. The van der Waals surface area contributed by atoms with Gasteiger partial charge in [0, 0.05) is 68.9 Å². The van der Waals surface area contributed by atoms with Gasteiger partial charge in [0.05, 0.1) is 23.4 Å². The molecule has 6 nitrogen and oxygen atoms in total. The lowest BCUT2D eigenvalue weighted by Crippen LogP contribution is -2.47. The van der Waals surface area contributed by atoms with E-state index in [2.05, 4.69) is 52.4 Å². The third-order valence-electron chi connectivity index (χ3n) is 8.44. The molecular weight excluding hydrogens is 472 g/mol. The Morgan fingerprint density at radius 2 is 1.66 bits per heavy atom. The van der Waals surface area contributed by atoms with Gasteiger partial charge in [0.2, 0.25) is 0 Å². The third-order valence-corrected chi connectivity index (χ3v) is 8.44. The van der Waals surface area contributed by atoms with Crippen LogP contribution in [0.3, 0.4) is 0 Å². The molecule has 0 bridgehead atoms. The van der Waals surface area contributed by atoms with Crippen molar-refractivity contribution in [3.63, 3.8) is 0 Å². The number of benzene rings is 2. The monoisotopic (exact) mass is 514 g/mol. The lowest BCUT2D eigenvalue weighted by atomic mass is 9.84. The topological polar surface area (TPSA) is 57.7 Å². The minimum absolute atomic E-state index is 0.0348. The lowest BCUT2D eigenvalue weighted by molar-refractivity contribution is 0.0899. The van der Waals surface area contributed by atoms with Crippen LogP contribution in [0.15, 0.2) is 54.6 Å². The number of para-hydroxylation sites is 1. The molecule has 2 aliphatic rings. The van der Waals surface area contributed by atoms with Gasteiger partial charge in [-0.3, -0.25) is 14.6 Å². The van der Waals surface area contributed by atoms with Crippen LogP contribution < -0.4 is 5.32 Å². The number of nitrogens with zero attached hydrogens (tertiary/aromatic N) is 3. The van der Waals surface area contributed by atoms with Gasteiger partial charge >= 0.3 is 0 Å². The fourth-order valence-corrected chi connectivity index (χ4v) is 6.15. The number of carbonyl (C=O) groups excluding carboxylic acids is 1. The molecule has 3 aromatic rings. The molecule has 2 heterocycles. The molecule has 1 saturated heterocycles. The summed E-state index contributed by atoms with van der Waals surface area (Å²) in [5.74, 6) is 0.589. The molecule has 38 heavy (non-hydrogen) atoms. The number of fused-ring (bicyclic) bond motifs is 1. The fourth-order valence-electron chi connectivity index (χ4n) is 6.15. The van der Waals surface area contributed by atoms with Crippen molar-refractivity contribution >= 4 is 16.8 Å². The number of pyridine rings is 1. The number of aromatic nitrogens is 1. The highest BCUT2D eigenvalue weighted by atomic mass is 16.5. The molecule has 1 aromatic heterocycles. The second kappa shape index (κ2) is 12.8. The quantitative estimate of drug-likeness (QED) is 0.416. The maximum absolute atomic E-state index is 14.1. The summed E-state index contributed by atoms with van der Waals surface area (Å²) in [6.07, 6.45) is 6.25. The Morgan fingerprint density at radius 3 is 2.39 bits per heavy atom. The van der Waals surface area contributed by atoms with Crippen molar-refractivity contribution in [1.82, 2.24) is 20.1 Å². The fraction of sp³-hybridized carbons (Fsp3) is 0.500. The van der Waals surface area contributed by atoms with E-state index in [9.17, 15) is 4.79 Å². The first kappa shape index (κ1) is 26.8. The van der Waals surface area contributed by atoms with Crippen molar-refractivity contribution < 1.29 is 9.53 Å². The van der Waals surface area contributed by atoms with Crippen LogP contribution in [0.5, 0.6) is 0 Å². The molecule has 202 valence electrons. The minimum Gasteiger partial charge on any atom is -0.383 e. The number of amides is 1. The van der Waals surface area contributed by atoms with Crippen LogP contribution in [0.4, 0.5) is 0 Å². The van der Waals surface area contributed by atoms with Gasteiger partial charge in [-0.1, -0.05) is 67.8 Å². The molecule has 5 rings (SSSR count). The molecule has 1 N–H and O–H groups in total. The number of rotatable bonds is 9. The largest absolute Gasteiger partial charge is 0.383 e. The molecular formula is C32H42N4O2. The second-order valence-corrected chi connectivity index (χ2v) is 11.0. The van der Waals surface area contributed by atoms with E-state index in [1.165, 1.54) is 32.1 Å². The van der Waals surface area contributed by atoms with Gasteiger partial charge in [-0.2, -0.15) is 0 Å². The van der Waals surface area contributed by atoms with E-state index in [0.29, 0.717) is 12.5 Å². The molecule has 1 aliphatic carbocycles. The van der Waals surface area contributed by atoms with E-state index >= 15 is 0 Å². The smallest absolute Gasteiger partial charge is 0.252 e. The minimum atomic E-state index is 0.0348. The van der Waals surface area contributed by atoms with Crippen LogP contribution >= 0.6 is 0 Å². The van der Waals surface area contributed by atoms with Gasteiger partial charge in [0.15, 0.2) is 0 Å². The van der Waals surface area contributed by atoms with Gasteiger partial charge in [-0.05, 0) is 31.7 Å². The van der Waals surface area contributed by atoms with E-state index < -0.39 is 0 Å². The van der Waals surface area contributed by atoms with Gasteiger partial charge in [-0.15, -0.1) is 0 Å². The zero-order valence-electron chi connectivity index (χ0n) is 23.0. The SMILES string of the molecule is COCCN1CCN(Cc2c(-c3ccccc3)nc3ccccc3c2C(=O)N[C@@H](C)C2CCCCC2)CC1. The summed E-state index contributed by atoms with van der Waals surface area (Å²) in [6, 6.07) is 18.6. The Hall–Kier alpha value is -2.80. The summed E-state index contributed by atoms with van der Waals surface area (Å²) in [7, 11) is 1.76. The van der Waals surface area contributed by atoms with E-state index in [-0.39, 0.29) is 11.9 Å². The lowest BCUT2D eigenvalue weighted by Gasteiger charge is -2.35. The maximum atomic E-state index is 14.1. The number of hydrogen-bond acceptors (Lipinski definition) is 5. The zero-order chi connectivity index (χ0) is 26.3. The van der Waals surface area contributed by atoms with Crippen LogP contribution in [0.25, 0.3) is 22.2 Å². The molecule has 1 atom stereocenters. The van der Waals surface area contributed by atoms with Crippen molar-refractivity contribution in [2.45, 2.75) is 51.6 Å². The zero-order valence-corrected chi connectivity index (χ0v) is 23.0. The second-order valence-electron chi connectivity index (χ2n) is 11.0. The number of carbonyl (C=O) groups is 1. The Labute approximate surface area is 227 Å². The number of piperazine rings is 1. The molecule has 0 radical (unpaired) electrons. The highest BCUT2D eigenvalue weighted by Gasteiger charge is 2.28. The molecule has 2 fully saturated rings. The molecule has 6 heteroatoms.